The van der Waals surface area contributed by atoms with Gasteiger partial charge in [-0.2, -0.15) is 0 Å². The Morgan fingerprint density at radius 3 is 2.88 bits per heavy atom. The van der Waals surface area contributed by atoms with Crippen molar-refractivity contribution in [2.24, 2.45) is 0 Å². The number of aldehydes is 1. The Hall–Kier alpha value is -1.57. The number of hydrogen-bond donors (Lipinski definition) is 1. The van der Waals surface area contributed by atoms with Gasteiger partial charge in [0.05, 0.1) is 0 Å². The van der Waals surface area contributed by atoms with Crippen LogP contribution in [-0.2, 0) is 11.2 Å². The molecule has 2 heteroatoms. The normalized spacial score (nSPS) is 10.8. The second kappa shape index (κ2) is 5.50. The lowest BCUT2D eigenvalue weighted by atomic mass is 10.1. The smallest absolute Gasteiger partial charge is 0.119 e. The number of unbranched alkanes of at least 4 members (excludes halogenated alkanes) is 3. The van der Waals surface area contributed by atoms with Crippen LogP contribution in [0.15, 0.2) is 30.5 Å². The lowest BCUT2D eigenvalue weighted by Gasteiger charge is -1.98. The molecule has 1 N–H and O–H groups in total. The van der Waals surface area contributed by atoms with E-state index in [4.69, 9.17) is 0 Å². The topological polar surface area (TPSA) is 32.9 Å². The van der Waals surface area contributed by atoms with E-state index in [2.05, 4.69) is 29.4 Å². The van der Waals surface area contributed by atoms with Crippen LogP contribution in [0.2, 0.25) is 0 Å². The van der Waals surface area contributed by atoms with Gasteiger partial charge in [-0.1, -0.05) is 24.6 Å². The van der Waals surface area contributed by atoms with Gasteiger partial charge in [-0.3, -0.25) is 0 Å². The highest BCUT2D eigenvalue weighted by Crippen LogP contribution is 2.19. The Labute approximate surface area is 95.7 Å². The molecule has 0 aliphatic heterocycles. The first-order valence-corrected chi connectivity index (χ1v) is 5.90. The highest BCUT2D eigenvalue weighted by atomic mass is 16.1. The van der Waals surface area contributed by atoms with Gasteiger partial charge in [-0.05, 0) is 30.9 Å². The fourth-order valence-electron chi connectivity index (χ4n) is 2.06. The van der Waals surface area contributed by atoms with Gasteiger partial charge in [0.1, 0.15) is 6.29 Å². The van der Waals surface area contributed by atoms with E-state index in [0.29, 0.717) is 6.42 Å². The Morgan fingerprint density at radius 1 is 1.12 bits per heavy atom. The van der Waals surface area contributed by atoms with Gasteiger partial charge >= 0.3 is 0 Å². The van der Waals surface area contributed by atoms with Crippen molar-refractivity contribution in [3.63, 3.8) is 0 Å². The third kappa shape index (κ3) is 2.51. The molecule has 1 aromatic carbocycles. The molecule has 2 nitrogen and oxygen atoms in total. The van der Waals surface area contributed by atoms with Crippen molar-refractivity contribution in [1.29, 1.82) is 0 Å². The first kappa shape index (κ1) is 10.9. The summed E-state index contributed by atoms with van der Waals surface area (Å²) in [7, 11) is 0. The molecular formula is C14H17NO. The highest BCUT2D eigenvalue weighted by molar-refractivity contribution is 5.82. The molecule has 0 amide bonds. The summed E-state index contributed by atoms with van der Waals surface area (Å²) in [5, 5.41) is 1.33. The van der Waals surface area contributed by atoms with Crippen LogP contribution in [0.4, 0.5) is 0 Å². The Kier molecular flexibility index (Phi) is 3.76. The minimum atomic E-state index is 0.702. The van der Waals surface area contributed by atoms with Crippen molar-refractivity contribution in [1.82, 2.24) is 4.98 Å². The molecule has 2 aromatic rings. The highest BCUT2D eigenvalue weighted by Gasteiger charge is 2.01. The van der Waals surface area contributed by atoms with Gasteiger partial charge < -0.3 is 9.78 Å². The molecule has 2 rings (SSSR count). The number of rotatable bonds is 6. The average molecular weight is 215 g/mol. The van der Waals surface area contributed by atoms with Crippen LogP contribution in [0, 0.1) is 0 Å². The van der Waals surface area contributed by atoms with Crippen LogP contribution < -0.4 is 0 Å². The fourth-order valence-corrected chi connectivity index (χ4v) is 2.06. The molecule has 0 atom stereocenters. The number of aromatic amines is 1. The average Bonchev–Trinajstić information content (AvgIpc) is 2.73. The molecule has 1 heterocycles. The molecule has 0 saturated carbocycles. The monoisotopic (exact) mass is 215 g/mol. The maximum Gasteiger partial charge on any atom is 0.119 e. The number of carbonyl (C=O) groups excluding carboxylic acids is 1. The lowest BCUT2D eigenvalue weighted by molar-refractivity contribution is -0.107. The van der Waals surface area contributed by atoms with E-state index in [1.807, 2.05) is 6.07 Å². The number of para-hydroxylation sites is 1. The van der Waals surface area contributed by atoms with Crippen molar-refractivity contribution in [2.75, 3.05) is 0 Å². The van der Waals surface area contributed by atoms with E-state index in [0.717, 1.165) is 32.0 Å². The summed E-state index contributed by atoms with van der Waals surface area (Å²) in [6.07, 6.45) is 8.23. The zero-order valence-corrected chi connectivity index (χ0v) is 9.41. The molecule has 0 saturated heterocycles. The molecule has 0 fully saturated rings. The summed E-state index contributed by atoms with van der Waals surface area (Å²) in [5.41, 5.74) is 2.60. The molecule has 0 aliphatic carbocycles. The first-order chi connectivity index (χ1) is 7.92. The van der Waals surface area contributed by atoms with Crippen LogP contribution in [-0.4, -0.2) is 11.3 Å². The summed E-state index contributed by atoms with van der Waals surface area (Å²) < 4.78 is 0. The van der Waals surface area contributed by atoms with Crippen molar-refractivity contribution in [2.45, 2.75) is 32.1 Å². The van der Waals surface area contributed by atoms with Gasteiger partial charge in [0, 0.05) is 23.5 Å². The van der Waals surface area contributed by atoms with E-state index in [1.165, 1.54) is 16.5 Å². The maximum absolute atomic E-state index is 10.2. The number of aryl methyl sites for hydroxylation is 1. The van der Waals surface area contributed by atoms with Crippen molar-refractivity contribution < 1.29 is 4.79 Å². The summed E-state index contributed by atoms with van der Waals surface area (Å²) in [6.45, 7) is 0. The summed E-state index contributed by atoms with van der Waals surface area (Å²) in [5.74, 6) is 0. The second-order valence-electron chi connectivity index (χ2n) is 4.13. The Bertz CT molecular complexity index is 458. The number of hydrogen-bond acceptors (Lipinski definition) is 1. The summed E-state index contributed by atoms with van der Waals surface area (Å²) in [6, 6.07) is 8.39. The third-order valence-electron chi connectivity index (χ3n) is 2.94. The van der Waals surface area contributed by atoms with Crippen molar-refractivity contribution in [3.05, 3.63) is 36.0 Å². The van der Waals surface area contributed by atoms with Crippen LogP contribution in [0.25, 0.3) is 10.9 Å². The molecule has 0 unspecified atom stereocenters. The van der Waals surface area contributed by atoms with Gasteiger partial charge in [-0.15, -0.1) is 0 Å². The summed E-state index contributed by atoms with van der Waals surface area (Å²) in [4.78, 5) is 13.5. The third-order valence-corrected chi connectivity index (χ3v) is 2.94. The molecule has 0 radical (unpaired) electrons. The Balaban J connectivity index is 1.91. The van der Waals surface area contributed by atoms with Crippen LogP contribution in [0.3, 0.4) is 0 Å². The molecular weight excluding hydrogens is 198 g/mol. The fraction of sp³-hybridized carbons (Fsp3) is 0.357. The molecule has 84 valence electrons. The zero-order chi connectivity index (χ0) is 11.2. The maximum atomic E-state index is 10.2. The molecule has 0 spiro atoms. The van der Waals surface area contributed by atoms with Gasteiger partial charge in [0.2, 0.25) is 0 Å². The predicted octanol–water partition coefficient (Wildman–Crippen LogP) is 3.47. The zero-order valence-electron chi connectivity index (χ0n) is 9.41. The molecule has 0 bridgehead atoms. The van der Waals surface area contributed by atoms with E-state index >= 15 is 0 Å². The van der Waals surface area contributed by atoms with Gasteiger partial charge in [0.25, 0.3) is 0 Å². The van der Waals surface area contributed by atoms with Crippen LogP contribution >= 0.6 is 0 Å². The second-order valence-corrected chi connectivity index (χ2v) is 4.13. The minimum Gasteiger partial charge on any atom is -0.361 e. The molecule has 0 aliphatic rings. The standard InChI is InChI=1S/C14H17NO/c16-10-6-2-1-3-7-12-11-15-14-9-5-4-8-13(12)14/h4-5,8-11,15H,1-3,6-7H2. The van der Waals surface area contributed by atoms with Gasteiger partial charge in [0.15, 0.2) is 0 Å². The number of fused-ring (bicyclic) bond motifs is 1. The number of aromatic nitrogens is 1. The van der Waals surface area contributed by atoms with Crippen molar-refractivity contribution >= 4 is 17.2 Å². The Morgan fingerprint density at radius 2 is 2.00 bits per heavy atom. The number of nitrogens with one attached hydrogen (secondary N) is 1. The van der Waals surface area contributed by atoms with E-state index < -0.39 is 0 Å². The molecule has 1 aromatic heterocycles. The first-order valence-electron chi connectivity index (χ1n) is 5.90. The quantitative estimate of drug-likeness (QED) is 0.581. The van der Waals surface area contributed by atoms with Crippen LogP contribution in [0.1, 0.15) is 31.2 Å². The predicted molar refractivity (Wildman–Crippen MR) is 66.5 cm³/mol. The minimum absolute atomic E-state index is 0.702. The number of H-pyrrole nitrogens is 1. The lowest BCUT2D eigenvalue weighted by Crippen LogP contribution is -1.85. The number of benzene rings is 1. The largest absolute Gasteiger partial charge is 0.361 e. The van der Waals surface area contributed by atoms with E-state index in [9.17, 15) is 4.79 Å². The SMILES string of the molecule is O=CCCCCCc1c[nH]c2ccccc12. The van der Waals surface area contributed by atoms with E-state index in [1.54, 1.807) is 0 Å². The van der Waals surface area contributed by atoms with Gasteiger partial charge in [-0.25, -0.2) is 0 Å². The van der Waals surface area contributed by atoms with E-state index in [-0.39, 0.29) is 0 Å². The van der Waals surface area contributed by atoms with Crippen LogP contribution in [0.5, 0.6) is 0 Å². The summed E-state index contributed by atoms with van der Waals surface area (Å²) >= 11 is 0. The van der Waals surface area contributed by atoms with Crippen molar-refractivity contribution in [3.8, 4) is 0 Å². The number of carbonyl (C=O) groups is 1. The molecule has 16 heavy (non-hydrogen) atoms.